The van der Waals surface area contributed by atoms with Gasteiger partial charge in [-0.15, -0.1) is 5.10 Å². The molecule has 0 saturated carbocycles. The summed E-state index contributed by atoms with van der Waals surface area (Å²) in [6.07, 6.45) is 1.89. The van der Waals surface area contributed by atoms with Crippen molar-refractivity contribution in [3.05, 3.63) is 80.4 Å². The number of rotatable bonds is 3. The first-order valence-corrected chi connectivity index (χ1v) is 9.40. The number of fused-ring (bicyclic) bond motifs is 2. The Labute approximate surface area is 169 Å². The molecule has 8 heteroatoms. The first kappa shape index (κ1) is 17.2. The smallest absolute Gasteiger partial charge is 0.160 e. The Morgan fingerprint density at radius 2 is 1.89 bits per heavy atom. The summed E-state index contributed by atoms with van der Waals surface area (Å²) < 4.78 is 0. The van der Waals surface area contributed by atoms with Gasteiger partial charge in [0.25, 0.3) is 0 Å². The van der Waals surface area contributed by atoms with Crippen molar-refractivity contribution in [1.82, 2.24) is 15.2 Å². The van der Waals surface area contributed by atoms with Gasteiger partial charge in [0, 0.05) is 34.0 Å². The number of hydrogen-bond acceptors (Lipinski definition) is 5. The average Bonchev–Trinajstić information content (AvgIpc) is 3.06. The second-order valence-electron chi connectivity index (χ2n) is 6.54. The van der Waals surface area contributed by atoms with E-state index in [1.54, 1.807) is 6.07 Å². The summed E-state index contributed by atoms with van der Waals surface area (Å²) in [6, 6.07) is 13.2. The van der Waals surface area contributed by atoms with E-state index in [2.05, 4.69) is 25.7 Å². The highest BCUT2D eigenvalue weighted by atomic mass is 35.5. The zero-order valence-corrected chi connectivity index (χ0v) is 15.9. The van der Waals surface area contributed by atoms with Crippen molar-refractivity contribution < 1.29 is 0 Å². The predicted octanol–water partition coefficient (Wildman–Crippen LogP) is 5.71. The van der Waals surface area contributed by atoms with Crippen molar-refractivity contribution in [1.29, 1.82) is 0 Å². The number of para-hydroxylation sites is 1. The number of aromatic nitrogens is 3. The molecule has 138 valence electrons. The number of nitroso groups, excluding NO2 is 1. The fourth-order valence-electron chi connectivity index (χ4n) is 3.81. The van der Waals surface area contributed by atoms with Crippen LogP contribution in [0.1, 0.15) is 22.9 Å². The molecule has 3 heterocycles. The van der Waals surface area contributed by atoms with Gasteiger partial charge in [-0.1, -0.05) is 58.7 Å². The van der Waals surface area contributed by atoms with Crippen LogP contribution in [0.4, 0.5) is 5.69 Å². The first-order valence-electron chi connectivity index (χ1n) is 8.64. The third kappa shape index (κ3) is 2.49. The molecule has 0 aliphatic carbocycles. The lowest BCUT2D eigenvalue weighted by molar-refractivity contribution is 0.914. The van der Waals surface area contributed by atoms with Gasteiger partial charge < -0.3 is 10.3 Å². The van der Waals surface area contributed by atoms with Gasteiger partial charge >= 0.3 is 0 Å². The Bertz CT molecular complexity index is 1240. The van der Waals surface area contributed by atoms with Crippen LogP contribution in [-0.2, 0) is 6.54 Å². The predicted molar refractivity (Wildman–Crippen MR) is 111 cm³/mol. The number of nitrogens with one attached hydrogen (secondary N) is 2. The maximum atomic E-state index is 11.0. The molecule has 0 saturated heterocycles. The maximum Gasteiger partial charge on any atom is 0.160 e. The normalized spacial score (nSPS) is 15.0. The zero-order valence-electron chi connectivity index (χ0n) is 14.4. The maximum absolute atomic E-state index is 11.0. The molecule has 1 aliphatic heterocycles. The first-order chi connectivity index (χ1) is 13.7. The topological polar surface area (TPSA) is 83.0 Å². The Hall–Kier alpha value is -2.96. The highest BCUT2D eigenvalue weighted by Gasteiger charge is 2.29. The summed E-state index contributed by atoms with van der Waals surface area (Å²) in [4.78, 5) is 14.2. The zero-order chi connectivity index (χ0) is 19.3. The van der Waals surface area contributed by atoms with Crippen LogP contribution in [-0.4, -0.2) is 15.2 Å². The van der Waals surface area contributed by atoms with Crippen LogP contribution >= 0.6 is 23.2 Å². The molecule has 2 aromatic carbocycles. The fraction of sp³-hybridized carbons (Fsp3) is 0.100. The lowest BCUT2D eigenvalue weighted by Crippen LogP contribution is -2.12. The SMILES string of the molecule is O=NCc1nnc2[nH]cc3c2c1-c1ccccc1NC3c1cccc(Cl)c1Cl. The molecule has 4 aromatic rings. The molecule has 1 aliphatic rings. The quantitative estimate of drug-likeness (QED) is 0.424. The van der Waals surface area contributed by atoms with Crippen molar-refractivity contribution in [2.75, 3.05) is 5.32 Å². The molecular formula is C20H13Cl2N5O. The molecule has 0 bridgehead atoms. The van der Waals surface area contributed by atoms with Crippen LogP contribution in [0.3, 0.4) is 0 Å². The Morgan fingerprint density at radius 3 is 2.75 bits per heavy atom. The third-order valence-electron chi connectivity index (χ3n) is 5.01. The second-order valence-corrected chi connectivity index (χ2v) is 7.33. The second kappa shape index (κ2) is 6.58. The molecular weight excluding hydrogens is 397 g/mol. The van der Waals surface area contributed by atoms with E-state index in [9.17, 15) is 4.91 Å². The van der Waals surface area contributed by atoms with Crippen molar-refractivity contribution in [3.8, 4) is 11.1 Å². The van der Waals surface area contributed by atoms with E-state index in [1.807, 2.05) is 42.6 Å². The molecule has 1 unspecified atom stereocenters. The Morgan fingerprint density at radius 1 is 1.04 bits per heavy atom. The number of H-pyrrole nitrogens is 1. The number of hydrogen-bond donors (Lipinski definition) is 2. The molecule has 28 heavy (non-hydrogen) atoms. The molecule has 6 nitrogen and oxygen atoms in total. The monoisotopic (exact) mass is 409 g/mol. The van der Waals surface area contributed by atoms with Crippen LogP contribution in [0.5, 0.6) is 0 Å². The molecule has 2 aromatic heterocycles. The van der Waals surface area contributed by atoms with E-state index in [0.29, 0.717) is 21.4 Å². The van der Waals surface area contributed by atoms with E-state index in [-0.39, 0.29) is 12.6 Å². The largest absolute Gasteiger partial charge is 0.374 e. The number of aromatic amines is 1. The van der Waals surface area contributed by atoms with E-state index in [4.69, 9.17) is 23.2 Å². The fourth-order valence-corrected chi connectivity index (χ4v) is 4.23. The summed E-state index contributed by atoms with van der Waals surface area (Å²) in [7, 11) is 0. The standard InChI is InChI=1S/C20H13Cl2N5O/c21-13-6-3-5-11(18(13)22)19-12-8-23-20-17(12)16(15(9-24-28)26-27-20)10-4-1-2-7-14(10)25-19/h1-8,19,25H,9H2,(H,23,27). The number of nitrogens with zero attached hydrogens (tertiary/aromatic N) is 3. The number of benzene rings is 2. The van der Waals surface area contributed by atoms with Crippen LogP contribution in [0.25, 0.3) is 22.2 Å². The van der Waals surface area contributed by atoms with Crippen molar-refractivity contribution in [3.63, 3.8) is 0 Å². The summed E-state index contributed by atoms with van der Waals surface area (Å²) in [6.45, 7) is -0.0557. The molecule has 0 spiro atoms. The Kier molecular flexibility index (Phi) is 4.03. The average molecular weight is 410 g/mol. The minimum atomic E-state index is -0.261. The lowest BCUT2D eigenvalue weighted by Gasteiger charge is -2.21. The highest BCUT2D eigenvalue weighted by Crippen LogP contribution is 2.46. The van der Waals surface area contributed by atoms with Crippen molar-refractivity contribution in [2.45, 2.75) is 12.6 Å². The van der Waals surface area contributed by atoms with Gasteiger partial charge in [-0.25, -0.2) is 0 Å². The third-order valence-corrected chi connectivity index (χ3v) is 5.85. The number of halogens is 2. The van der Waals surface area contributed by atoms with Crippen LogP contribution < -0.4 is 5.32 Å². The van der Waals surface area contributed by atoms with Gasteiger partial charge in [-0.3, -0.25) is 0 Å². The molecule has 5 rings (SSSR count). The summed E-state index contributed by atoms with van der Waals surface area (Å²) in [5.41, 5.74) is 5.67. The van der Waals surface area contributed by atoms with Crippen LogP contribution in [0.15, 0.2) is 53.8 Å². The van der Waals surface area contributed by atoms with Gasteiger partial charge in [0.2, 0.25) is 0 Å². The molecule has 0 fully saturated rings. The number of anilines is 1. The van der Waals surface area contributed by atoms with Crippen LogP contribution in [0.2, 0.25) is 10.0 Å². The Balaban J connectivity index is 1.88. The summed E-state index contributed by atoms with van der Waals surface area (Å²) in [5.74, 6) is 0. The molecule has 1 atom stereocenters. The van der Waals surface area contributed by atoms with E-state index < -0.39 is 0 Å². The van der Waals surface area contributed by atoms with E-state index >= 15 is 0 Å². The van der Waals surface area contributed by atoms with E-state index in [0.717, 1.165) is 33.3 Å². The minimum absolute atomic E-state index is 0.0557. The minimum Gasteiger partial charge on any atom is -0.374 e. The van der Waals surface area contributed by atoms with Gasteiger partial charge in [-0.2, -0.15) is 10.0 Å². The van der Waals surface area contributed by atoms with Gasteiger partial charge in [-0.05, 0) is 17.7 Å². The molecule has 0 amide bonds. The molecule has 0 radical (unpaired) electrons. The highest BCUT2D eigenvalue weighted by molar-refractivity contribution is 6.42. The van der Waals surface area contributed by atoms with Crippen LogP contribution in [0, 0.1) is 4.91 Å². The van der Waals surface area contributed by atoms with Crippen molar-refractivity contribution >= 4 is 39.9 Å². The van der Waals surface area contributed by atoms with Gasteiger partial charge in [0.05, 0.1) is 21.8 Å². The molecule has 2 N–H and O–H groups in total. The van der Waals surface area contributed by atoms with E-state index in [1.165, 1.54) is 0 Å². The summed E-state index contributed by atoms with van der Waals surface area (Å²) in [5, 5.41) is 17.0. The summed E-state index contributed by atoms with van der Waals surface area (Å²) >= 11 is 12.8. The van der Waals surface area contributed by atoms with Gasteiger partial charge in [0.15, 0.2) is 5.65 Å². The van der Waals surface area contributed by atoms with Crippen molar-refractivity contribution in [2.24, 2.45) is 5.18 Å². The van der Waals surface area contributed by atoms with Gasteiger partial charge in [0.1, 0.15) is 6.54 Å². The lowest BCUT2D eigenvalue weighted by atomic mass is 9.96.